The molecule has 5 rings (SSSR count). The summed E-state index contributed by atoms with van der Waals surface area (Å²) < 4.78 is 1.88. The smallest absolute Gasteiger partial charge is 0.256 e. The fourth-order valence-electron chi connectivity index (χ4n) is 3.26. The van der Waals surface area contributed by atoms with E-state index in [4.69, 9.17) is 0 Å². The van der Waals surface area contributed by atoms with Crippen LogP contribution < -0.4 is 5.32 Å². The minimum atomic E-state index is -0.131. The van der Waals surface area contributed by atoms with Gasteiger partial charge in [0.1, 0.15) is 0 Å². The van der Waals surface area contributed by atoms with Crippen molar-refractivity contribution in [3.63, 3.8) is 0 Å². The zero-order valence-electron chi connectivity index (χ0n) is 16.9. The van der Waals surface area contributed by atoms with Crippen LogP contribution in [-0.4, -0.2) is 31.1 Å². The number of hydrogen-bond donors (Lipinski definition) is 1. The summed E-state index contributed by atoms with van der Waals surface area (Å²) in [5.74, 6) is 1.37. The molecule has 1 amide bonds. The van der Waals surface area contributed by atoms with Crippen LogP contribution in [0.1, 0.15) is 39.9 Å². The third-order valence-corrected chi connectivity index (χ3v) is 6.89. The first-order valence-corrected chi connectivity index (χ1v) is 11.9. The average molecular weight is 449 g/mol. The summed E-state index contributed by atoms with van der Waals surface area (Å²) >= 11 is 3.26. The van der Waals surface area contributed by atoms with Crippen molar-refractivity contribution >= 4 is 34.7 Å². The van der Waals surface area contributed by atoms with E-state index in [1.165, 1.54) is 0 Å². The molecule has 0 saturated heterocycles. The summed E-state index contributed by atoms with van der Waals surface area (Å²) in [6, 6.07) is 15.7. The molecular weight excluding hydrogens is 428 g/mol. The highest BCUT2D eigenvalue weighted by molar-refractivity contribution is 7.98. The standard InChI is InChI=1S/C22H20N6OS2/c1-14-23-17(12-30-14)13-31-20-5-3-2-4-19(20)22(29)24-16-8-6-15(7-9-16)21-25-26-27-28(21)18-10-11-18/h2-9,12,18H,10-11,13H2,1H3,(H,24,29). The van der Waals surface area contributed by atoms with Crippen molar-refractivity contribution in [3.8, 4) is 11.4 Å². The normalized spacial score (nSPS) is 13.3. The van der Waals surface area contributed by atoms with Gasteiger partial charge >= 0.3 is 0 Å². The summed E-state index contributed by atoms with van der Waals surface area (Å²) in [4.78, 5) is 18.4. The highest BCUT2D eigenvalue weighted by atomic mass is 32.2. The van der Waals surface area contributed by atoms with Crippen molar-refractivity contribution < 1.29 is 4.79 Å². The van der Waals surface area contributed by atoms with Crippen LogP contribution in [0, 0.1) is 6.92 Å². The molecule has 2 aromatic heterocycles. The minimum Gasteiger partial charge on any atom is -0.322 e. The molecule has 1 saturated carbocycles. The Hall–Kier alpha value is -3.04. The van der Waals surface area contributed by atoms with E-state index < -0.39 is 0 Å². The number of nitrogens with one attached hydrogen (secondary N) is 1. The molecule has 2 aromatic carbocycles. The largest absolute Gasteiger partial charge is 0.322 e. The number of tetrazole rings is 1. The Balaban J connectivity index is 1.28. The maximum absolute atomic E-state index is 12.9. The molecule has 31 heavy (non-hydrogen) atoms. The van der Waals surface area contributed by atoms with Crippen molar-refractivity contribution in [3.05, 3.63) is 70.2 Å². The van der Waals surface area contributed by atoms with Crippen LogP contribution >= 0.6 is 23.1 Å². The third kappa shape index (κ3) is 4.52. The number of amides is 1. The first kappa shape index (κ1) is 19.9. The van der Waals surface area contributed by atoms with Gasteiger partial charge in [-0.25, -0.2) is 9.67 Å². The number of nitrogens with zero attached hydrogens (tertiary/aromatic N) is 5. The van der Waals surface area contributed by atoms with Crippen LogP contribution in [0.25, 0.3) is 11.4 Å². The van der Waals surface area contributed by atoms with E-state index in [2.05, 4.69) is 31.2 Å². The van der Waals surface area contributed by atoms with E-state index >= 15 is 0 Å². The first-order valence-electron chi connectivity index (χ1n) is 10.00. The van der Waals surface area contributed by atoms with E-state index in [1.54, 1.807) is 23.1 Å². The van der Waals surface area contributed by atoms with Crippen molar-refractivity contribution in [1.29, 1.82) is 0 Å². The molecule has 0 bridgehead atoms. The number of benzene rings is 2. The van der Waals surface area contributed by atoms with Crippen LogP contribution in [0.3, 0.4) is 0 Å². The van der Waals surface area contributed by atoms with Gasteiger partial charge in [0.05, 0.1) is 22.3 Å². The summed E-state index contributed by atoms with van der Waals surface area (Å²) in [5.41, 5.74) is 3.35. The number of aryl methyl sites for hydroxylation is 1. The Morgan fingerprint density at radius 3 is 2.74 bits per heavy atom. The van der Waals surface area contributed by atoms with E-state index in [-0.39, 0.29) is 5.91 Å². The Morgan fingerprint density at radius 2 is 2.00 bits per heavy atom. The Labute approximate surface area is 187 Å². The number of thioether (sulfide) groups is 1. The lowest BCUT2D eigenvalue weighted by atomic mass is 10.1. The number of anilines is 1. The number of thiazole rings is 1. The molecule has 0 spiro atoms. The van der Waals surface area contributed by atoms with E-state index in [0.717, 1.165) is 51.3 Å². The summed E-state index contributed by atoms with van der Waals surface area (Å²) in [5, 5.41) is 18.2. The van der Waals surface area contributed by atoms with Gasteiger partial charge in [-0.2, -0.15) is 0 Å². The molecule has 2 heterocycles. The topological polar surface area (TPSA) is 85.6 Å². The van der Waals surface area contributed by atoms with Gasteiger partial charge in [-0.3, -0.25) is 4.79 Å². The van der Waals surface area contributed by atoms with E-state index in [9.17, 15) is 4.79 Å². The van der Waals surface area contributed by atoms with Gasteiger partial charge in [-0.1, -0.05) is 12.1 Å². The van der Waals surface area contributed by atoms with Crippen molar-refractivity contribution in [2.45, 2.75) is 36.5 Å². The number of aromatic nitrogens is 5. The fraction of sp³-hybridized carbons (Fsp3) is 0.227. The first-order chi connectivity index (χ1) is 15.2. The quantitative estimate of drug-likeness (QED) is 0.401. The Morgan fingerprint density at radius 1 is 1.19 bits per heavy atom. The highest BCUT2D eigenvalue weighted by Crippen LogP contribution is 2.36. The van der Waals surface area contributed by atoms with Crippen LogP contribution in [0.15, 0.2) is 58.8 Å². The van der Waals surface area contributed by atoms with Gasteiger partial charge in [-0.05, 0) is 66.6 Å². The van der Waals surface area contributed by atoms with Gasteiger partial charge < -0.3 is 5.32 Å². The van der Waals surface area contributed by atoms with E-state index in [0.29, 0.717) is 11.6 Å². The molecule has 1 aliphatic rings. The maximum Gasteiger partial charge on any atom is 0.256 e. The zero-order chi connectivity index (χ0) is 21.2. The van der Waals surface area contributed by atoms with Gasteiger partial charge in [-0.15, -0.1) is 28.2 Å². The summed E-state index contributed by atoms with van der Waals surface area (Å²) in [6.07, 6.45) is 2.23. The molecule has 0 atom stereocenters. The minimum absolute atomic E-state index is 0.131. The SMILES string of the molecule is Cc1nc(CSc2ccccc2C(=O)Nc2ccc(-c3nnnn3C3CC3)cc2)cs1. The van der Waals surface area contributed by atoms with Crippen molar-refractivity contribution in [1.82, 2.24) is 25.2 Å². The lowest BCUT2D eigenvalue weighted by Gasteiger charge is -2.10. The molecule has 1 N–H and O–H groups in total. The molecule has 9 heteroatoms. The fourth-order valence-corrected chi connectivity index (χ4v) is 4.92. The predicted octanol–water partition coefficient (Wildman–Crippen LogP) is 4.98. The van der Waals surface area contributed by atoms with Gasteiger partial charge in [0.25, 0.3) is 5.91 Å². The highest BCUT2D eigenvalue weighted by Gasteiger charge is 2.28. The monoisotopic (exact) mass is 448 g/mol. The number of hydrogen-bond acceptors (Lipinski definition) is 7. The Bertz CT molecular complexity index is 1210. The number of carbonyl (C=O) groups is 1. The van der Waals surface area contributed by atoms with E-state index in [1.807, 2.05) is 60.1 Å². The lowest BCUT2D eigenvalue weighted by Crippen LogP contribution is -2.13. The molecular formula is C22H20N6OS2. The molecule has 156 valence electrons. The lowest BCUT2D eigenvalue weighted by molar-refractivity contribution is 0.102. The van der Waals surface area contributed by atoms with Crippen LogP contribution in [-0.2, 0) is 5.75 Å². The molecule has 0 radical (unpaired) electrons. The van der Waals surface area contributed by atoms with Gasteiger partial charge in [0.15, 0.2) is 5.82 Å². The Kier molecular flexibility index (Phi) is 5.52. The molecule has 0 aliphatic heterocycles. The third-order valence-electron chi connectivity index (χ3n) is 4.96. The second kappa shape index (κ2) is 8.60. The average Bonchev–Trinajstić information content (AvgIpc) is 3.36. The second-order valence-electron chi connectivity index (χ2n) is 7.35. The van der Waals surface area contributed by atoms with Crippen LogP contribution in [0.5, 0.6) is 0 Å². The molecule has 4 aromatic rings. The summed E-state index contributed by atoms with van der Waals surface area (Å²) in [6.45, 7) is 2.00. The maximum atomic E-state index is 12.9. The molecule has 7 nitrogen and oxygen atoms in total. The van der Waals surface area contributed by atoms with Gasteiger partial charge in [0, 0.05) is 27.3 Å². The predicted molar refractivity (Wildman–Crippen MR) is 122 cm³/mol. The van der Waals surface area contributed by atoms with Crippen LogP contribution in [0.4, 0.5) is 5.69 Å². The molecule has 1 fully saturated rings. The second-order valence-corrected chi connectivity index (χ2v) is 9.43. The van der Waals surface area contributed by atoms with Crippen molar-refractivity contribution in [2.24, 2.45) is 0 Å². The van der Waals surface area contributed by atoms with Crippen LogP contribution in [0.2, 0.25) is 0 Å². The molecule has 0 unspecified atom stereocenters. The number of carbonyl (C=O) groups excluding carboxylic acids is 1. The summed E-state index contributed by atoms with van der Waals surface area (Å²) in [7, 11) is 0. The number of rotatable bonds is 7. The van der Waals surface area contributed by atoms with Gasteiger partial charge in [0.2, 0.25) is 0 Å². The zero-order valence-corrected chi connectivity index (χ0v) is 18.5. The molecule has 1 aliphatic carbocycles. The van der Waals surface area contributed by atoms with Crippen molar-refractivity contribution in [2.75, 3.05) is 5.32 Å².